The van der Waals surface area contributed by atoms with E-state index in [4.69, 9.17) is 4.74 Å². The third-order valence-corrected chi connectivity index (χ3v) is 7.04. The maximum Gasteiger partial charge on any atom is 0.303 e. The maximum absolute atomic E-state index is 13.6. The van der Waals surface area contributed by atoms with Gasteiger partial charge in [-0.1, -0.05) is 48.5 Å². The van der Waals surface area contributed by atoms with Crippen LogP contribution in [0.5, 0.6) is 5.75 Å². The first-order chi connectivity index (χ1) is 18.8. The highest BCUT2D eigenvalue weighted by Gasteiger charge is 2.48. The van der Waals surface area contributed by atoms with E-state index in [2.05, 4.69) is 0 Å². The number of hydrogen-bond donors (Lipinski definition) is 1. The van der Waals surface area contributed by atoms with Crippen LogP contribution in [0.15, 0.2) is 97.1 Å². The van der Waals surface area contributed by atoms with E-state index in [1.807, 2.05) is 30.3 Å². The molecular weight excluding hydrogens is 500 g/mol. The van der Waals surface area contributed by atoms with Crippen molar-refractivity contribution in [3.8, 4) is 16.9 Å². The second-order valence-corrected chi connectivity index (χ2v) is 9.64. The van der Waals surface area contributed by atoms with Gasteiger partial charge < -0.3 is 14.7 Å². The van der Waals surface area contributed by atoms with Gasteiger partial charge in [0.2, 0.25) is 5.91 Å². The van der Waals surface area contributed by atoms with Gasteiger partial charge >= 0.3 is 5.97 Å². The Morgan fingerprint density at radius 1 is 0.897 bits per heavy atom. The topological polar surface area (TPSA) is 66.8 Å². The Morgan fingerprint density at radius 3 is 2.15 bits per heavy atom. The third kappa shape index (κ3) is 5.67. The predicted molar refractivity (Wildman–Crippen MR) is 144 cm³/mol. The lowest BCUT2D eigenvalue weighted by atomic mass is 9.78. The van der Waals surface area contributed by atoms with Crippen LogP contribution in [0.3, 0.4) is 0 Å². The first-order valence-corrected chi connectivity index (χ1v) is 12.7. The summed E-state index contributed by atoms with van der Waals surface area (Å²) in [6, 6.07) is 26.0. The van der Waals surface area contributed by atoms with E-state index in [0.29, 0.717) is 24.1 Å². The van der Waals surface area contributed by atoms with Gasteiger partial charge in [0.1, 0.15) is 23.5 Å². The van der Waals surface area contributed by atoms with Crippen LogP contribution in [0.25, 0.3) is 11.1 Å². The highest BCUT2D eigenvalue weighted by molar-refractivity contribution is 6.03. The fraction of sp³-hybridized carbons (Fsp3) is 0.188. The van der Waals surface area contributed by atoms with Gasteiger partial charge in [-0.25, -0.2) is 8.78 Å². The fourth-order valence-electron chi connectivity index (χ4n) is 5.16. The van der Waals surface area contributed by atoms with Crippen LogP contribution in [0.1, 0.15) is 43.0 Å². The Balaban J connectivity index is 1.42. The number of ether oxygens (including phenoxy) is 1. The second-order valence-electron chi connectivity index (χ2n) is 9.64. The minimum absolute atomic E-state index is 0.107. The van der Waals surface area contributed by atoms with Crippen LogP contribution in [-0.4, -0.2) is 17.0 Å². The molecule has 3 atom stereocenters. The van der Waals surface area contributed by atoms with Crippen molar-refractivity contribution in [1.29, 1.82) is 0 Å². The number of carbonyl (C=O) groups is 2. The molecule has 4 aromatic carbocycles. The van der Waals surface area contributed by atoms with Crippen LogP contribution >= 0.6 is 0 Å². The third-order valence-electron chi connectivity index (χ3n) is 7.04. The molecule has 1 fully saturated rings. The summed E-state index contributed by atoms with van der Waals surface area (Å²) in [4.78, 5) is 26.9. The summed E-state index contributed by atoms with van der Waals surface area (Å²) in [6.45, 7) is 1.32. The molecule has 0 spiro atoms. The van der Waals surface area contributed by atoms with Gasteiger partial charge in [0.15, 0.2) is 0 Å². The van der Waals surface area contributed by atoms with Crippen molar-refractivity contribution in [2.24, 2.45) is 5.92 Å². The molecule has 5 nitrogen and oxygen atoms in total. The fourth-order valence-corrected chi connectivity index (χ4v) is 5.16. The number of β-lactam (4-membered cyclic amide) rings is 1. The number of aromatic hydroxyl groups is 1. The number of anilines is 1. The summed E-state index contributed by atoms with van der Waals surface area (Å²) < 4.78 is 32.6. The van der Waals surface area contributed by atoms with Gasteiger partial charge in [0.25, 0.3) is 0 Å². The molecule has 0 bridgehead atoms. The van der Waals surface area contributed by atoms with E-state index in [-0.39, 0.29) is 23.5 Å². The summed E-state index contributed by atoms with van der Waals surface area (Å²) >= 11 is 0. The highest BCUT2D eigenvalue weighted by Crippen LogP contribution is 2.47. The smallest absolute Gasteiger partial charge is 0.303 e. The number of hydrogen-bond acceptors (Lipinski definition) is 4. The zero-order valence-electron chi connectivity index (χ0n) is 21.3. The van der Waals surface area contributed by atoms with Gasteiger partial charge in [-0.05, 0) is 83.6 Å². The van der Waals surface area contributed by atoms with E-state index in [1.165, 1.54) is 31.2 Å². The zero-order valence-corrected chi connectivity index (χ0v) is 21.3. The molecule has 0 saturated carbocycles. The van der Waals surface area contributed by atoms with Crippen LogP contribution in [0, 0.1) is 17.6 Å². The van der Waals surface area contributed by atoms with E-state index in [0.717, 1.165) is 16.7 Å². The normalized spacial score (nSPS) is 17.4. The van der Waals surface area contributed by atoms with E-state index in [1.54, 1.807) is 47.4 Å². The second kappa shape index (κ2) is 11.1. The number of amides is 1. The molecule has 1 heterocycles. The van der Waals surface area contributed by atoms with Crippen molar-refractivity contribution >= 4 is 17.6 Å². The molecular formula is C32H27F2NO4. The van der Waals surface area contributed by atoms with Gasteiger partial charge in [-0.3, -0.25) is 9.59 Å². The number of esters is 1. The quantitative estimate of drug-likeness (QED) is 0.196. The summed E-state index contributed by atoms with van der Waals surface area (Å²) in [7, 11) is 0. The zero-order chi connectivity index (χ0) is 27.5. The molecule has 4 aromatic rings. The van der Waals surface area contributed by atoms with Crippen molar-refractivity contribution in [3.05, 3.63) is 120 Å². The maximum atomic E-state index is 13.6. The van der Waals surface area contributed by atoms with Crippen molar-refractivity contribution in [2.75, 3.05) is 4.90 Å². The molecule has 7 heteroatoms. The number of phenols is 1. The first kappa shape index (κ1) is 26.1. The number of halogens is 2. The molecule has 198 valence electrons. The van der Waals surface area contributed by atoms with Gasteiger partial charge in [0, 0.05) is 12.6 Å². The number of benzene rings is 4. The summed E-state index contributed by atoms with van der Waals surface area (Å²) in [5.41, 5.74) is 3.92. The Bertz CT molecular complexity index is 1470. The largest absolute Gasteiger partial charge is 0.508 e. The molecule has 0 radical (unpaired) electrons. The average molecular weight is 528 g/mol. The van der Waals surface area contributed by atoms with Crippen LogP contribution in [0.2, 0.25) is 0 Å². The number of carbonyl (C=O) groups excluding carboxylic acids is 2. The molecule has 0 aliphatic carbocycles. The Kier molecular flexibility index (Phi) is 7.41. The minimum atomic E-state index is -0.621. The van der Waals surface area contributed by atoms with Crippen molar-refractivity contribution in [3.63, 3.8) is 0 Å². The molecule has 0 unspecified atom stereocenters. The predicted octanol–water partition coefficient (Wildman–Crippen LogP) is 7.13. The van der Waals surface area contributed by atoms with E-state index < -0.39 is 23.8 Å². The summed E-state index contributed by atoms with van der Waals surface area (Å²) in [5, 5.41) is 9.84. The lowest BCUT2D eigenvalue weighted by Crippen LogP contribution is -2.55. The average Bonchev–Trinajstić information content (AvgIpc) is 2.92. The molecule has 5 rings (SSSR count). The molecule has 1 amide bonds. The Labute approximate surface area is 225 Å². The number of rotatable bonds is 8. The molecule has 39 heavy (non-hydrogen) atoms. The van der Waals surface area contributed by atoms with Gasteiger partial charge in [-0.2, -0.15) is 0 Å². The number of phenolic OH excluding ortho intramolecular Hbond substituents is 1. The highest BCUT2D eigenvalue weighted by atomic mass is 19.1. The lowest BCUT2D eigenvalue weighted by Gasteiger charge is -2.48. The molecule has 0 aromatic heterocycles. The van der Waals surface area contributed by atoms with Gasteiger partial charge in [-0.15, -0.1) is 0 Å². The van der Waals surface area contributed by atoms with E-state index in [9.17, 15) is 23.5 Å². The number of nitrogens with zero attached hydrogens (tertiary/aromatic N) is 1. The molecule has 1 aliphatic heterocycles. The van der Waals surface area contributed by atoms with Crippen molar-refractivity contribution in [1.82, 2.24) is 0 Å². The summed E-state index contributed by atoms with van der Waals surface area (Å²) in [6.07, 6.45) is 0.172. The van der Waals surface area contributed by atoms with Gasteiger partial charge in [0.05, 0.1) is 12.0 Å². The lowest BCUT2D eigenvalue weighted by molar-refractivity contribution is -0.147. The summed E-state index contributed by atoms with van der Waals surface area (Å²) in [5.74, 6) is -1.58. The Morgan fingerprint density at radius 2 is 1.54 bits per heavy atom. The van der Waals surface area contributed by atoms with Crippen molar-refractivity contribution < 1.29 is 28.2 Å². The minimum Gasteiger partial charge on any atom is -0.508 e. The Hall–Kier alpha value is -4.52. The van der Waals surface area contributed by atoms with Crippen LogP contribution < -0.4 is 4.90 Å². The molecule has 1 N–H and O–H groups in total. The molecule has 1 aliphatic rings. The van der Waals surface area contributed by atoms with Crippen LogP contribution in [0.4, 0.5) is 14.5 Å². The standard InChI is InChI=1S/C32H27F2NO4/c1-20(36)39-30(22-9-11-25(33)12-10-22)18-17-29-31(35(32(29)38)27-15-13-26(34)14-16-27)23-7-5-21(6-8-23)24-3-2-4-28(37)19-24/h2-16,19,29-31,37H,17-18H2,1H3/t29-,30+,31-/m1/s1. The van der Waals surface area contributed by atoms with Crippen molar-refractivity contribution in [2.45, 2.75) is 31.9 Å². The molecule has 1 saturated heterocycles. The van der Waals surface area contributed by atoms with Crippen LogP contribution in [-0.2, 0) is 14.3 Å². The monoisotopic (exact) mass is 527 g/mol. The van der Waals surface area contributed by atoms with E-state index >= 15 is 0 Å². The first-order valence-electron chi connectivity index (χ1n) is 12.7. The SMILES string of the molecule is CC(=O)O[C@@H](CC[C@H]1C(=O)N(c2ccc(F)cc2)[C@@H]1c1ccc(-c2cccc(O)c2)cc1)c1ccc(F)cc1.